The molecular formula is C27H20ClN3OS. The van der Waals surface area contributed by atoms with Gasteiger partial charge in [0, 0.05) is 45.5 Å². The molecule has 0 unspecified atom stereocenters. The fourth-order valence-corrected chi connectivity index (χ4v) is 5.45. The van der Waals surface area contributed by atoms with Crippen molar-refractivity contribution in [2.75, 3.05) is 0 Å². The molecule has 1 aliphatic rings. The number of hydrogen-bond donors (Lipinski definition) is 1. The van der Waals surface area contributed by atoms with Crippen LogP contribution in [0, 0.1) is 0 Å². The molecule has 3 aromatic heterocycles. The van der Waals surface area contributed by atoms with Crippen molar-refractivity contribution in [2.45, 2.75) is 23.8 Å². The molecule has 5 aromatic rings. The van der Waals surface area contributed by atoms with Crippen LogP contribution >= 0.6 is 23.4 Å². The van der Waals surface area contributed by atoms with Crippen LogP contribution in [0.25, 0.3) is 44.3 Å². The topological polar surface area (TPSA) is 58.6 Å². The number of nitrogens with zero attached hydrogens (tertiary/aromatic N) is 2. The number of hydrogen-bond acceptors (Lipinski definition) is 4. The summed E-state index contributed by atoms with van der Waals surface area (Å²) in [7, 11) is 0. The van der Waals surface area contributed by atoms with Gasteiger partial charge in [-0.25, -0.2) is 4.98 Å². The number of H-pyrrole nitrogens is 1. The molecule has 1 N–H and O–H groups in total. The van der Waals surface area contributed by atoms with Crippen LogP contribution in [-0.2, 0) is 5.75 Å². The lowest BCUT2D eigenvalue weighted by molar-refractivity contribution is 1.22. The Balaban J connectivity index is 1.59. The van der Waals surface area contributed by atoms with Crippen molar-refractivity contribution < 1.29 is 0 Å². The van der Waals surface area contributed by atoms with E-state index in [9.17, 15) is 4.79 Å². The van der Waals surface area contributed by atoms with E-state index in [4.69, 9.17) is 16.6 Å². The molecule has 4 nitrogen and oxygen atoms in total. The Morgan fingerprint density at radius 3 is 2.70 bits per heavy atom. The summed E-state index contributed by atoms with van der Waals surface area (Å²) in [4.78, 5) is 26.0. The van der Waals surface area contributed by atoms with Gasteiger partial charge >= 0.3 is 0 Å². The van der Waals surface area contributed by atoms with Crippen LogP contribution in [0.2, 0.25) is 5.02 Å². The van der Waals surface area contributed by atoms with Crippen LogP contribution in [0.3, 0.4) is 0 Å². The van der Waals surface area contributed by atoms with Crippen molar-refractivity contribution in [1.82, 2.24) is 15.0 Å². The normalized spacial score (nSPS) is 13.6. The number of aromatic amines is 1. The molecule has 6 heteroatoms. The van der Waals surface area contributed by atoms with Crippen LogP contribution in [-0.4, -0.2) is 20.2 Å². The molecule has 1 fully saturated rings. The number of fused-ring (bicyclic) bond motifs is 2. The second-order valence-electron chi connectivity index (χ2n) is 8.33. The number of pyridine rings is 3. The molecule has 0 amide bonds. The van der Waals surface area contributed by atoms with Crippen LogP contribution in [0.4, 0.5) is 0 Å². The summed E-state index contributed by atoms with van der Waals surface area (Å²) in [6.07, 6.45) is 6.06. The summed E-state index contributed by atoms with van der Waals surface area (Å²) in [6.45, 7) is 0. The first kappa shape index (κ1) is 20.5. The highest BCUT2D eigenvalue weighted by molar-refractivity contribution is 7.99. The minimum atomic E-state index is 0.0406. The second kappa shape index (κ2) is 8.32. The fourth-order valence-electron chi connectivity index (χ4n) is 4.08. The van der Waals surface area contributed by atoms with Gasteiger partial charge < -0.3 is 4.98 Å². The zero-order chi connectivity index (χ0) is 22.4. The number of thioether (sulfide) groups is 1. The van der Waals surface area contributed by atoms with E-state index in [0.29, 0.717) is 21.3 Å². The molecule has 0 saturated heterocycles. The minimum Gasteiger partial charge on any atom is -0.346 e. The number of aromatic nitrogens is 3. The molecule has 3 heterocycles. The van der Waals surface area contributed by atoms with Gasteiger partial charge in [0.15, 0.2) is 5.43 Å². The Morgan fingerprint density at radius 2 is 1.88 bits per heavy atom. The lowest BCUT2D eigenvalue weighted by Crippen LogP contribution is -2.11. The van der Waals surface area contributed by atoms with Gasteiger partial charge in [-0.2, -0.15) is 11.8 Å². The Kier molecular flexibility index (Phi) is 5.16. The maximum Gasteiger partial charge on any atom is 0.195 e. The molecular weight excluding hydrogens is 450 g/mol. The molecule has 0 bridgehead atoms. The molecule has 1 aliphatic carbocycles. The molecule has 0 aliphatic heterocycles. The lowest BCUT2D eigenvalue weighted by Gasteiger charge is -2.13. The van der Waals surface area contributed by atoms with Crippen LogP contribution in [0.1, 0.15) is 18.4 Å². The van der Waals surface area contributed by atoms with Gasteiger partial charge in [0.1, 0.15) is 5.65 Å². The number of benzene rings is 2. The largest absolute Gasteiger partial charge is 0.346 e. The molecule has 2 aromatic carbocycles. The third-order valence-corrected chi connectivity index (χ3v) is 7.67. The standard InChI is InChI=1S/C27H20ClN3OS/c28-23-12-18(11-17-7-4-10-29-25(17)23)21-13-22-26(32)19(15-33-20-8-9-20)14-30-27(22)31-24(21)16-5-2-1-3-6-16/h1-7,10-14,20H,8-9,15H2,(H,30,31,32). The molecule has 6 rings (SSSR count). The van der Waals surface area contributed by atoms with Crippen molar-refractivity contribution in [3.8, 4) is 22.4 Å². The highest BCUT2D eigenvalue weighted by atomic mass is 35.5. The molecule has 0 atom stereocenters. The molecule has 1 saturated carbocycles. The first-order valence-electron chi connectivity index (χ1n) is 10.9. The average Bonchev–Trinajstić information content (AvgIpc) is 3.68. The number of halogens is 1. The summed E-state index contributed by atoms with van der Waals surface area (Å²) in [6, 6.07) is 19.8. The van der Waals surface area contributed by atoms with Crippen LogP contribution in [0.5, 0.6) is 0 Å². The molecule has 33 heavy (non-hydrogen) atoms. The van der Waals surface area contributed by atoms with Gasteiger partial charge in [-0.3, -0.25) is 9.78 Å². The maximum absolute atomic E-state index is 13.4. The van der Waals surface area contributed by atoms with E-state index in [0.717, 1.165) is 44.6 Å². The minimum absolute atomic E-state index is 0.0406. The third-order valence-electron chi connectivity index (χ3n) is 5.96. The Bertz CT molecular complexity index is 1560. The highest BCUT2D eigenvalue weighted by Gasteiger charge is 2.22. The predicted octanol–water partition coefficient (Wildman–Crippen LogP) is 6.85. The van der Waals surface area contributed by atoms with E-state index in [2.05, 4.69) is 16.0 Å². The number of rotatable bonds is 5. The predicted molar refractivity (Wildman–Crippen MR) is 138 cm³/mol. The van der Waals surface area contributed by atoms with E-state index in [1.807, 2.05) is 72.6 Å². The molecule has 162 valence electrons. The van der Waals surface area contributed by atoms with Gasteiger partial charge in [-0.1, -0.05) is 48.0 Å². The van der Waals surface area contributed by atoms with Gasteiger partial charge in [0.05, 0.1) is 21.6 Å². The van der Waals surface area contributed by atoms with E-state index >= 15 is 0 Å². The zero-order valence-electron chi connectivity index (χ0n) is 17.7. The summed E-state index contributed by atoms with van der Waals surface area (Å²) < 4.78 is 0. The number of nitrogens with one attached hydrogen (secondary N) is 1. The van der Waals surface area contributed by atoms with E-state index in [-0.39, 0.29) is 5.43 Å². The Labute approximate surface area is 200 Å². The van der Waals surface area contributed by atoms with E-state index < -0.39 is 0 Å². The van der Waals surface area contributed by atoms with Crippen molar-refractivity contribution in [1.29, 1.82) is 0 Å². The summed E-state index contributed by atoms with van der Waals surface area (Å²) in [5.74, 6) is 0.721. The van der Waals surface area contributed by atoms with E-state index in [1.165, 1.54) is 12.8 Å². The van der Waals surface area contributed by atoms with Crippen molar-refractivity contribution in [3.05, 3.63) is 93.9 Å². The van der Waals surface area contributed by atoms with Gasteiger partial charge in [-0.15, -0.1) is 0 Å². The fraction of sp³-hybridized carbons (Fsp3) is 0.148. The Morgan fingerprint density at radius 1 is 1.03 bits per heavy atom. The summed E-state index contributed by atoms with van der Waals surface area (Å²) >= 11 is 8.47. The SMILES string of the molecule is O=c1c(CSC2CC2)c[nH]c2nc(-c3ccccc3)c(-c3cc(Cl)c4ncccc4c3)cc12. The zero-order valence-corrected chi connectivity index (χ0v) is 19.3. The first-order valence-corrected chi connectivity index (χ1v) is 12.4. The quantitative estimate of drug-likeness (QED) is 0.305. The average molecular weight is 470 g/mol. The van der Waals surface area contributed by atoms with Gasteiger partial charge in [0.2, 0.25) is 0 Å². The highest BCUT2D eigenvalue weighted by Crippen LogP contribution is 2.37. The monoisotopic (exact) mass is 469 g/mol. The lowest BCUT2D eigenvalue weighted by atomic mass is 9.96. The third kappa shape index (κ3) is 3.92. The van der Waals surface area contributed by atoms with E-state index in [1.54, 1.807) is 6.20 Å². The molecule has 0 radical (unpaired) electrons. The summed E-state index contributed by atoms with van der Waals surface area (Å²) in [5, 5.41) is 2.82. The van der Waals surface area contributed by atoms with Crippen molar-refractivity contribution in [3.63, 3.8) is 0 Å². The van der Waals surface area contributed by atoms with Crippen molar-refractivity contribution in [2.24, 2.45) is 0 Å². The van der Waals surface area contributed by atoms with Crippen molar-refractivity contribution >= 4 is 45.3 Å². The Hall–Kier alpha value is -3.15. The molecule has 0 spiro atoms. The summed E-state index contributed by atoms with van der Waals surface area (Å²) in [5.41, 5.74) is 5.75. The van der Waals surface area contributed by atoms with Gasteiger partial charge in [0.25, 0.3) is 0 Å². The smallest absolute Gasteiger partial charge is 0.195 e. The second-order valence-corrected chi connectivity index (χ2v) is 10.0. The maximum atomic E-state index is 13.4. The van der Waals surface area contributed by atoms with Crippen LogP contribution < -0.4 is 5.43 Å². The van der Waals surface area contributed by atoms with Crippen LogP contribution in [0.15, 0.2) is 77.9 Å². The van der Waals surface area contributed by atoms with Gasteiger partial charge in [-0.05, 0) is 42.7 Å². The first-order chi connectivity index (χ1) is 16.2.